The largest absolute Gasteiger partial charge is 0.507 e. The van der Waals surface area contributed by atoms with Crippen LogP contribution in [-0.2, 0) is 16.0 Å². The van der Waals surface area contributed by atoms with Crippen molar-refractivity contribution in [2.24, 2.45) is 0 Å². The van der Waals surface area contributed by atoms with Crippen LogP contribution in [0.1, 0.15) is 35.7 Å². The first-order valence-electron chi connectivity index (χ1n) is 7.77. The molecule has 0 unspecified atom stereocenters. The van der Waals surface area contributed by atoms with Gasteiger partial charge in [0.15, 0.2) is 0 Å². The molecule has 1 aromatic rings. The highest BCUT2D eigenvalue weighted by molar-refractivity contribution is 6.33. The van der Waals surface area contributed by atoms with Gasteiger partial charge in [-0.1, -0.05) is 35.9 Å². The topological polar surface area (TPSA) is 104 Å². The zero-order valence-electron chi connectivity index (χ0n) is 13.6. The minimum absolute atomic E-state index is 0.0166. The van der Waals surface area contributed by atoms with Crippen LogP contribution in [0, 0.1) is 0 Å². The van der Waals surface area contributed by atoms with E-state index in [4.69, 9.17) is 16.3 Å². The van der Waals surface area contributed by atoms with Gasteiger partial charge in [-0.05, 0) is 6.92 Å². The molecule has 134 valence electrons. The van der Waals surface area contributed by atoms with Crippen LogP contribution in [0.2, 0.25) is 5.02 Å². The van der Waals surface area contributed by atoms with E-state index < -0.39 is 29.7 Å². The van der Waals surface area contributed by atoms with Crippen molar-refractivity contribution in [3.8, 4) is 11.5 Å². The Hall–Kier alpha value is -2.31. The number of ether oxygens (including phenoxy) is 1. The highest BCUT2D eigenvalue weighted by Crippen LogP contribution is 2.37. The van der Waals surface area contributed by atoms with Gasteiger partial charge in [0.05, 0.1) is 11.1 Å². The Morgan fingerprint density at radius 1 is 1.20 bits per heavy atom. The fourth-order valence-corrected chi connectivity index (χ4v) is 2.74. The van der Waals surface area contributed by atoms with Crippen LogP contribution in [0.4, 0.5) is 0 Å². The van der Waals surface area contributed by atoms with E-state index in [-0.39, 0.29) is 41.2 Å². The summed E-state index contributed by atoms with van der Waals surface area (Å²) in [6.45, 7) is 1.60. The van der Waals surface area contributed by atoms with Crippen LogP contribution in [-0.4, -0.2) is 39.3 Å². The summed E-state index contributed by atoms with van der Waals surface area (Å²) in [6, 6.07) is 0.929. The summed E-state index contributed by atoms with van der Waals surface area (Å²) in [5, 5.41) is 29.5. The number of carbonyl (C=O) groups is 2. The fraction of sp³-hybridized carbons (Fsp3) is 0.333. The number of fused-ring (bicyclic) bond motifs is 1. The van der Waals surface area contributed by atoms with E-state index in [1.54, 1.807) is 25.2 Å². The average Bonchev–Trinajstić information content (AvgIpc) is 2.50. The number of benzene rings is 1. The number of Topliss-reactive ketones (excluding diaryl/α,β-unsaturated/α-hetero) is 1. The van der Waals surface area contributed by atoms with Crippen molar-refractivity contribution in [1.29, 1.82) is 0 Å². The third-order valence-electron chi connectivity index (χ3n) is 3.71. The molecule has 2 rings (SSSR count). The van der Waals surface area contributed by atoms with Gasteiger partial charge in [-0.3, -0.25) is 4.79 Å². The van der Waals surface area contributed by atoms with Crippen LogP contribution < -0.4 is 0 Å². The molecule has 0 aromatic heterocycles. The van der Waals surface area contributed by atoms with Crippen LogP contribution >= 0.6 is 11.6 Å². The number of phenolic OH excluding ortho intramolecular Hbond substituents is 2. The maximum atomic E-state index is 12.4. The maximum Gasteiger partial charge on any atom is 0.342 e. The predicted octanol–water partition coefficient (Wildman–Crippen LogP) is 2.68. The van der Waals surface area contributed by atoms with Crippen molar-refractivity contribution in [2.75, 3.05) is 0 Å². The molecule has 0 bridgehead atoms. The van der Waals surface area contributed by atoms with Crippen molar-refractivity contribution in [3.63, 3.8) is 0 Å². The SMILES string of the molecule is C[C@@H]1C[C@@H](O)/C=C\C=C\CC(=O)Cc2c(Cl)c(O)cc(O)c2C(=O)O1. The normalized spacial score (nSPS) is 24.8. The number of hydrogen-bond acceptors (Lipinski definition) is 6. The zero-order chi connectivity index (χ0) is 18.6. The second-order valence-corrected chi connectivity index (χ2v) is 6.21. The van der Waals surface area contributed by atoms with Crippen LogP contribution in [0.3, 0.4) is 0 Å². The lowest BCUT2D eigenvalue weighted by Gasteiger charge is -2.18. The van der Waals surface area contributed by atoms with E-state index in [9.17, 15) is 24.9 Å². The van der Waals surface area contributed by atoms with E-state index in [2.05, 4.69) is 0 Å². The number of phenols is 2. The Labute approximate surface area is 150 Å². The van der Waals surface area contributed by atoms with Crippen molar-refractivity contribution >= 4 is 23.4 Å². The van der Waals surface area contributed by atoms with Gasteiger partial charge in [0.25, 0.3) is 0 Å². The maximum absolute atomic E-state index is 12.4. The van der Waals surface area contributed by atoms with E-state index in [1.165, 1.54) is 6.08 Å². The molecular formula is C18H19ClO6. The molecule has 1 aliphatic heterocycles. The van der Waals surface area contributed by atoms with Gasteiger partial charge in [-0.15, -0.1) is 0 Å². The number of aromatic hydroxyl groups is 2. The van der Waals surface area contributed by atoms with Gasteiger partial charge in [0.1, 0.15) is 28.9 Å². The Morgan fingerprint density at radius 2 is 1.92 bits per heavy atom. The first kappa shape index (κ1) is 19.0. The van der Waals surface area contributed by atoms with Crippen molar-refractivity contribution in [3.05, 3.63) is 46.5 Å². The summed E-state index contributed by atoms with van der Waals surface area (Å²) in [5.74, 6) is -2.10. The molecule has 0 radical (unpaired) electrons. The smallest absolute Gasteiger partial charge is 0.342 e. The van der Waals surface area contributed by atoms with Gasteiger partial charge in [-0.2, -0.15) is 0 Å². The number of cyclic esters (lactones) is 1. The number of aliphatic hydroxyl groups is 1. The van der Waals surface area contributed by atoms with Crippen molar-refractivity contribution in [1.82, 2.24) is 0 Å². The number of esters is 1. The van der Waals surface area contributed by atoms with Crippen LogP contribution in [0.5, 0.6) is 11.5 Å². The van der Waals surface area contributed by atoms with Gasteiger partial charge < -0.3 is 20.1 Å². The third-order valence-corrected chi connectivity index (χ3v) is 4.13. The lowest BCUT2D eigenvalue weighted by Crippen LogP contribution is -2.21. The van der Waals surface area contributed by atoms with Crippen molar-refractivity contribution in [2.45, 2.75) is 38.4 Å². The molecule has 1 aromatic carbocycles. The Balaban J connectivity index is 2.49. The molecule has 0 saturated carbocycles. The molecule has 1 aliphatic rings. The Bertz CT molecular complexity index is 738. The number of halogens is 1. The molecular weight excluding hydrogens is 348 g/mol. The molecule has 0 fully saturated rings. The Kier molecular flexibility index (Phi) is 6.22. The van der Waals surface area contributed by atoms with E-state index >= 15 is 0 Å². The molecule has 0 spiro atoms. The summed E-state index contributed by atoms with van der Waals surface area (Å²) in [4.78, 5) is 24.6. The third kappa shape index (κ3) is 4.84. The first-order chi connectivity index (χ1) is 11.8. The van der Waals surface area contributed by atoms with Crippen LogP contribution in [0.25, 0.3) is 0 Å². The zero-order valence-corrected chi connectivity index (χ0v) is 14.4. The number of rotatable bonds is 0. The molecule has 7 heteroatoms. The number of hydrogen-bond donors (Lipinski definition) is 3. The standard InChI is InChI=1S/C18H19ClO6/c1-10-7-11(20)5-3-2-4-6-12(21)8-13-16(18(24)25-10)14(22)9-15(23)17(13)19/h2-5,9-11,20,22-23H,6-8H2,1H3/b4-2+,5-3-/t10-,11+/m1/s1. The first-order valence-corrected chi connectivity index (χ1v) is 8.14. The van der Waals surface area contributed by atoms with E-state index in [0.717, 1.165) is 6.07 Å². The van der Waals surface area contributed by atoms with Gasteiger partial charge in [-0.25, -0.2) is 4.79 Å². The summed E-state index contributed by atoms with van der Waals surface area (Å²) < 4.78 is 5.24. The molecule has 3 N–H and O–H groups in total. The predicted molar refractivity (Wildman–Crippen MR) is 91.9 cm³/mol. The quantitative estimate of drug-likeness (QED) is 0.610. The van der Waals surface area contributed by atoms with E-state index in [1.807, 2.05) is 0 Å². The number of ketones is 1. The molecule has 0 aliphatic carbocycles. The second-order valence-electron chi connectivity index (χ2n) is 5.83. The monoisotopic (exact) mass is 366 g/mol. The van der Waals surface area contributed by atoms with Crippen molar-refractivity contribution < 1.29 is 29.6 Å². The average molecular weight is 367 g/mol. The van der Waals surface area contributed by atoms with Gasteiger partial charge in [0.2, 0.25) is 0 Å². The van der Waals surface area contributed by atoms with Gasteiger partial charge in [0, 0.05) is 30.9 Å². The molecule has 1 heterocycles. The summed E-state index contributed by atoms with van der Waals surface area (Å²) in [5.41, 5.74) is -0.239. The summed E-state index contributed by atoms with van der Waals surface area (Å²) in [7, 11) is 0. The summed E-state index contributed by atoms with van der Waals surface area (Å²) in [6.07, 6.45) is 4.89. The number of aliphatic hydroxyl groups excluding tert-OH is 1. The lowest BCUT2D eigenvalue weighted by atomic mass is 9.99. The lowest BCUT2D eigenvalue weighted by molar-refractivity contribution is -0.117. The highest BCUT2D eigenvalue weighted by Gasteiger charge is 2.26. The minimum atomic E-state index is -0.876. The summed E-state index contributed by atoms with van der Waals surface area (Å²) >= 11 is 6.03. The minimum Gasteiger partial charge on any atom is -0.507 e. The molecule has 0 amide bonds. The molecule has 25 heavy (non-hydrogen) atoms. The molecule has 2 atom stereocenters. The fourth-order valence-electron chi connectivity index (χ4n) is 2.53. The van der Waals surface area contributed by atoms with E-state index in [0.29, 0.717) is 0 Å². The number of allylic oxidation sites excluding steroid dienone is 3. The second kappa shape index (κ2) is 8.18. The van der Waals surface area contributed by atoms with Gasteiger partial charge >= 0.3 is 5.97 Å². The number of carbonyl (C=O) groups excluding carboxylic acids is 2. The molecule has 6 nitrogen and oxygen atoms in total. The highest BCUT2D eigenvalue weighted by atomic mass is 35.5. The molecule has 0 saturated heterocycles. The van der Waals surface area contributed by atoms with Crippen LogP contribution in [0.15, 0.2) is 30.4 Å². The Morgan fingerprint density at radius 3 is 2.64 bits per heavy atom.